The molecule has 1 aliphatic carbocycles. The van der Waals surface area contributed by atoms with E-state index in [4.69, 9.17) is 11.6 Å². The number of carbonyl (C=O) groups is 2. The third-order valence-corrected chi connectivity index (χ3v) is 9.33. The highest BCUT2D eigenvalue weighted by Crippen LogP contribution is 2.38. The van der Waals surface area contributed by atoms with E-state index < -0.39 is 0 Å². The Morgan fingerprint density at radius 1 is 1.00 bits per heavy atom. The van der Waals surface area contributed by atoms with Gasteiger partial charge in [-0.05, 0) is 74.5 Å². The first kappa shape index (κ1) is 27.5. The van der Waals surface area contributed by atoms with Gasteiger partial charge in [0.1, 0.15) is 16.5 Å². The fraction of sp³-hybridized carbons (Fsp3) is 0.312. The van der Waals surface area contributed by atoms with Crippen molar-refractivity contribution in [2.24, 2.45) is 0 Å². The molecule has 0 aliphatic heterocycles. The molecule has 7 heteroatoms. The van der Waals surface area contributed by atoms with Crippen molar-refractivity contribution in [3.8, 4) is 11.1 Å². The fourth-order valence-electron chi connectivity index (χ4n) is 5.49. The molecule has 39 heavy (non-hydrogen) atoms. The summed E-state index contributed by atoms with van der Waals surface area (Å²) in [5.74, 6) is -0.373. The summed E-state index contributed by atoms with van der Waals surface area (Å²) in [4.78, 5) is 27.9. The predicted octanol–water partition coefficient (Wildman–Crippen LogP) is 7.67. The van der Waals surface area contributed by atoms with Crippen molar-refractivity contribution in [1.82, 2.24) is 10.2 Å². The maximum Gasteiger partial charge on any atom is 0.266 e. The molecule has 3 aromatic carbocycles. The average molecular weight is 563 g/mol. The Morgan fingerprint density at radius 3 is 2.36 bits per heavy atom. The summed E-state index contributed by atoms with van der Waals surface area (Å²) in [5, 5.41) is 4.68. The zero-order chi connectivity index (χ0) is 27.5. The fourth-order valence-corrected chi connectivity index (χ4v) is 6.95. The zero-order valence-corrected chi connectivity index (χ0v) is 23.7. The lowest BCUT2D eigenvalue weighted by Gasteiger charge is -2.37. The maximum atomic E-state index is 15.2. The summed E-state index contributed by atoms with van der Waals surface area (Å²) in [5.41, 5.74) is 3.22. The first-order valence-electron chi connectivity index (χ1n) is 13.4. The maximum absolute atomic E-state index is 15.2. The summed E-state index contributed by atoms with van der Waals surface area (Å²) < 4.78 is 16.2. The number of halogens is 2. The standard InChI is InChI=1S/C32H32ClFN2O2S/c1-20(37)17-21-7-9-22(10-8-21)23-11-16-28(34)24(18-23)19-36(26-14-12-25(35-2)13-15-26)32(38)31-30(33)27-5-3-4-6-29(27)39-31/h3-11,16,18,25-26,35H,12-15,17,19H2,1-2H3. The third kappa shape index (κ3) is 6.08. The molecular weight excluding hydrogens is 531 g/mol. The van der Waals surface area contributed by atoms with Crippen LogP contribution in [0, 0.1) is 5.82 Å². The van der Waals surface area contributed by atoms with Gasteiger partial charge in [0, 0.05) is 40.7 Å². The molecule has 1 saturated carbocycles. The van der Waals surface area contributed by atoms with Crippen molar-refractivity contribution in [1.29, 1.82) is 0 Å². The highest BCUT2D eigenvalue weighted by molar-refractivity contribution is 7.21. The van der Waals surface area contributed by atoms with Gasteiger partial charge in [-0.3, -0.25) is 9.59 Å². The van der Waals surface area contributed by atoms with Crippen molar-refractivity contribution < 1.29 is 14.0 Å². The summed E-state index contributed by atoms with van der Waals surface area (Å²) in [6.07, 6.45) is 4.00. The molecule has 1 aliphatic rings. The normalized spacial score (nSPS) is 17.3. The number of nitrogens with zero attached hydrogens (tertiary/aromatic N) is 1. The number of nitrogens with one attached hydrogen (secondary N) is 1. The van der Waals surface area contributed by atoms with Crippen molar-refractivity contribution in [3.63, 3.8) is 0 Å². The van der Waals surface area contributed by atoms with Crippen LogP contribution in [-0.4, -0.2) is 35.7 Å². The molecule has 4 nitrogen and oxygen atoms in total. The van der Waals surface area contributed by atoms with E-state index in [1.165, 1.54) is 17.4 Å². The van der Waals surface area contributed by atoms with Crippen LogP contribution in [-0.2, 0) is 17.8 Å². The van der Waals surface area contributed by atoms with Gasteiger partial charge in [-0.25, -0.2) is 4.39 Å². The van der Waals surface area contributed by atoms with Gasteiger partial charge in [-0.1, -0.05) is 60.1 Å². The van der Waals surface area contributed by atoms with E-state index in [0.717, 1.165) is 52.5 Å². The molecule has 5 rings (SSSR count). The topological polar surface area (TPSA) is 49.4 Å². The second-order valence-corrected chi connectivity index (χ2v) is 11.8. The zero-order valence-electron chi connectivity index (χ0n) is 22.2. The van der Waals surface area contributed by atoms with Crippen LogP contribution in [0.1, 0.15) is 53.4 Å². The van der Waals surface area contributed by atoms with Crippen molar-refractivity contribution in [2.45, 2.75) is 57.7 Å². The highest BCUT2D eigenvalue weighted by atomic mass is 35.5. The summed E-state index contributed by atoms with van der Waals surface area (Å²) in [7, 11) is 1.97. The number of thiophene rings is 1. The van der Waals surface area contributed by atoms with Gasteiger partial charge in [-0.15, -0.1) is 11.3 Å². The van der Waals surface area contributed by atoms with E-state index in [0.29, 0.717) is 27.9 Å². The van der Waals surface area contributed by atoms with E-state index in [1.807, 2.05) is 66.5 Å². The third-order valence-electron chi connectivity index (χ3n) is 7.66. The molecule has 1 aromatic heterocycles. The molecule has 1 fully saturated rings. The van der Waals surface area contributed by atoms with Crippen molar-refractivity contribution in [3.05, 3.63) is 93.6 Å². The molecule has 1 amide bonds. The molecule has 0 spiro atoms. The molecule has 0 saturated heterocycles. The molecule has 1 N–H and O–H groups in total. The lowest BCUT2D eigenvalue weighted by molar-refractivity contribution is -0.116. The number of amides is 1. The minimum Gasteiger partial charge on any atom is -0.330 e. The van der Waals surface area contributed by atoms with E-state index in [9.17, 15) is 9.59 Å². The lowest BCUT2D eigenvalue weighted by atomic mass is 9.89. The van der Waals surface area contributed by atoms with Crippen LogP contribution in [0.2, 0.25) is 5.02 Å². The van der Waals surface area contributed by atoms with Crippen LogP contribution in [0.15, 0.2) is 66.7 Å². The minimum absolute atomic E-state index is 0.00250. The van der Waals surface area contributed by atoms with Gasteiger partial charge in [0.05, 0.1) is 5.02 Å². The molecule has 0 radical (unpaired) electrons. The van der Waals surface area contributed by atoms with E-state index in [-0.39, 0.29) is 30.1 Å². The number of ketones is 1. The van der Waals surface area contributed by atoms with Crippen LogP contribution >= 0.6 is 22.9 Å². The molecule has 0 unspecified atom stereocenters. The molecule has 0 bridgehead atoms. The molecular formula is C32H32ClFN2O2S. The highest BCUT2D eigenvalue weighted by Gasteiger charge is 2.32. The Kier molecular flexibility index (Phi) is 8.46. The molecule has 4 aromatic rings. The number of carbonyl (C=O) groups excluding carboxylic acids is 2. The Hall–Kier alpha value is -3.06. The largest absolute Gasteiger partial charge is 0.330 e. The molecule has 1 heterocycles. The SMILES string of the molecule is CNC1CCC(N(Cc2cc(-c3ccc(CC(C)=O)cc3)ccc2F)C(=O)c2sc3ccccc3c2Cl)CC1. The summed E-state index contributed by atoms with van der Waals surface area (Å²) >= 11 is 8.12. The Morgan fingerprint density at radius 2 is 1.69 bits per heavy atom. The number of benzene rings is 3. The van der Waals surface area contributed by atoms with Crippen molar-refractivity contribution in [2.75, 3.05) is 7.05 Å². The Labute approximate surface area is 237 Å². The van der Waals surface area contributed by atoms with Crippen LogP contribution in [0.3, 0.4) is 0 Å². The number of fused-ring (bicyclic) bond motifs is 1. The van der Waals surface area contributed by atoms with E-state index in [1.54, 1.807) is 13.0 Å². The van der Waals surface area contributed by atoms with Gasteiger partial charge in [-0.2, -0.15) is 0 Å². The van der Waals surface area contributed by atoms with Gasteiger partial charge in [0.2, 0.25) is 0 Å². The number of hydrogen-bond donors (Lipinski definition) is 1. The van der Waals surface area contributed by atoms with Crippen LogP contribution in [0.5, 0.6) is 0 Å². The number of rotatable bonds is 8. The number of hydrogen-bond acceptors (Lipinski definition) is 4. The summed E-state index contributed by atoms with van der Waals surface area (Å²) in [6.45, 7) is 1.74. The van der Waals surface area contributed by atoms with E-state index >= 15 is 4.39 Å². The second-order valence-electron chi connectivity index (χ2n) is 10.4. The van der Waals surface area contributed by atoms with Crippen LogP contribution < -0.4 is 5.32 Å². The smallest absolute Gasteiger partial charge is 0.266 e. The average Bonchev–Trinajstić information content (AvgIpc) is 3.29. The summed E-state index contributed by atoms with van der Waals surface area (Å²) in [6, 6.07) is 21.0. The van der Waals surface area contributed by atoms with Gasteiger partial charge in [0.25, 0.3) is 5.91 Å². The second kappa shape index (κ2) is 12.0. The molecule has 0 atom stereocenters. The van der Waals surface area contributed by atoms with Crippen molar-refractivity contribution >= 4 is 44.7 Å². The lowest BCUT2D eigenvalue weighted by Crippen LogP contribution is -2.44. The van der Waals surface area contributed by atoms with E-state index in [2.05, 4.69) is 5.32 Å². The van der Waals surface area contributed by atoms with Gasteiger partial charge in [0.15, 0.2) is 0 Å². The number of Topliss-reactive ketones (excluding diaryl/α,β-unsaturated/α-hetero) is 1. The Balaban J connectivity index is 1.47. The quantitative estimate of drug-likeness (QED) is 0.240. The molecule has 202 valence electrons. The predicted molar refractivity (Wildman–Crippen MR) is 158 cm³/mol. The van der Waals surface area contributed by atoms with Gasteiger partial charge >= 0.3 is 0 Å². The van der Waals surface area contributed by atoms with Crippen LogP contribution in [0.25, 0.3) is 21.2 Å². The first-order chi connectivity index (χ1) is 18.8. The first-order valence-corrected chi connectivity index (χ1v) is 14.6. The monoisotopic (exact) mass is 562 g/mol. The van der Waals surface area contributed by atoms with Crippen LogP contribution in [0.4, 0.5) is 4.39 Å². The Bertz CT molecular complexity index is 1490. The minimum atomic E-state index is -0.337. The van der Waals surface area contributed by atoms with Gasteiger partial charge < -0.3 is 10.2 Å².